The van der Waals surface area contributed by atoms with Crippen molar-refractivity contribution in [1.29, 1.82) is 0 Å². The Balaban J connectivity index is 0.000000461. The first-order valence-electron chi connectivity index (χ1n) is 5.21. The second-order valence-corrected chi connectivity index (χ2v) is 3.22. The topological polar surface area (TPSA) is 9.23 Å². The molecule has 14 heavy (non-hydrogen) atoms. The van der Waals surface area contributed by atoms with Crippen LogP contribution in [0.4, 0.5) is 0 Å². The molecule has 0 saturated heterocycles. The van der Waals surface area contributed by atoms with Crippen molar-refractivity contribution in [1.82, 2.24) is 0 Å². The van der Waals surface area contributed by atoms with Gasteiger partial charge in [0.05, 0.1) is 0 Å². The molecule has 1 heteroatoms. The van der Waals surface area contributed by atoms with Crippen LogP contribution in [0.5, 0.6) is 5.75 Å². The molecule has 0 aromatic heterocycles. The fourth-order valence-electron chi connectivity index (χ4n) is 1.36. The van der Waals surface area contributed by atoms with E-state index in [1.807, 2.05) is 20.8 Å². The highest BCUT2D eigenvalue weighted by Crippen LogP contribution is 2.26. The molecule has 1 aromatic rings. The van der Waals surface area contributed by atoms with E-state index in [0.717, 1.165) is 5.75 Å². The standard InChI is InChI=1S/C11H12O.C2H6/c1-8-3-5-10-6-4-9(2)12-11(10)7-8;1-2/h3-7,9H,1-2H3;1-2H3. The quantitative estimate of drug-likeness (QED) is 0.604. The Hall–Kier alpha value is -1.24. The van der Waals surface area contributed by atoms with E-state index in [0.29, 0.717) is 0 Å². The van der Waals surface area contributed by atoms with Crippen LogP contribution in [-0.4, -0.2) is 6.10 Å². The van der Waals surface area contributed by atoms with Crippen molar-refractivity contribution in [3.63, 3.8) is 0 Å². The van der Waals surface area contributed by atoms with Gasteiger partial charge in [-0.1, -0.05) is 32.1 Å². The third-order valence-corrected chi connectivity index (χ3v) is 2.03. The fourth-order valence-corrected chi connectivity index (χ4v) is 1.36. The molecule has 0 aliphatic carbocycles. The molecule has 1 unspecified atom stereocenters. The molecule has 2 rings (SSSR count). The number of hydrogen-bond acceptors (Lipinski definition) is 1. The summed E-state index contributed by atoms with van der Waals surface area (Å²) in [6.07, 6.45) is 4.39. The molecule has 1 nitrogen and oxygen atoms in total. The van der Waals surface area contributed by atoms with E-state index in [1.165, 1.54) is 11.1 Å². The van der Waals surface area contributed by atoms with Gasteiger partial charge in [0.25, 0.3) is 0 Å². The van der Waals surface area contributed by atoms with Gasteiger partial charge in [-0.25, -0.2) is 0 Å². The lowest BCUT2D eigenvalue weighted by molar-refractivity contribution is 0.266. The summed E-state index contributed by atoms with van der Waals surface area (Å²) in [4.78, 5) is 0. The summed E-state index contributed by atoms with van der Waals surface area (Å²) >= 11 is 0. The minimum atomic E-state index is 0.208. The molecule has 1 aromatic carbocycles. The van der Waals surface area contributed by atoms with Crippen LogP contribution in [0.3, 0.4) is 0 Å². The lowest BCUT2D eigenvalue weighted by atomic mass is 10.1. The lowest BCUT2D eigenvalue weighted by Crippen LogP contribution is -2.11. The molecule has 1 aliphatic heterocycles. The van der Waals surface area contributed by atoms with Crippen LogP contribution in [0, 0.1) is 6.92 Å². The molecule has 76 valence electrons. The molecule has 0 spiro atoms. The van der Waals surface area contributed by atoms with Gasteiger partial charge >= 0.3 is 0 Å². The third kappa shape index (κ3) is 2.38. The van der Waals surface area contributed by atoms with E-state index >= 15 is 0 Å². The van der Waals surface area contributed by atoms with Crippen molar-refractivity contribution < 1.29 is 4.74 Å². The highest BCUT2D eigenvalue weighted by molar-refractivity contribution is 5.60. The maximum absolute atomic E-state index is 5.63. The number of benzene rings is 1. The van der Waals surface area contributed by atoms with Crippen LogP contribution in [-0.2, 0) is 0 Å². The van der Waals surface area contributed by atoms with Gasteiger partial charge in [0.1, 0.15) is 11.9 Å². The van der Waals surface area contributed by atoms with Gasteiger partial charge in [-0.15, -0.1) is 0 Å². The van der Waals surface area contributed by atoms with Gasteiger partial charge < -0.3 is 4.74 Å². The first kappa shape index (κ1) is 10.8. The van der Waals surface area contributed by atoms with E-state index < -0.39 is 0 Å². The molecule has 1 atom stereocenters. The molecular weight excluding hydrogens is 172 g/mol. The minimum absolute atomic E-state index is 0.208. The normalized spacial score (nSPS) is 17.6. The van der Waals surface area contributed by atoms with Crippen LogP contribution in [0.25, 0.3) is 6.08 Å². The van der Waals surface area contributed by atoms with Gasteiger partial charge in [-0.3, -0.25) is 0 Å². The van der Waals surface area contributed by atoms with Gasteiger partial charge in [-0.2, -0.15) is 0 Å². The first-order valence-corrected chi connectivity index (χ1v) is 5.21. The van der Waals surface area contributed by atoms with E-state index in [4.69, 9.17) is 4.74 Å². The number of aryl methyl sites for hydroxylation is 1. The lowest BCUT2D eigenvalue weighted by Gasteiger charge is -2.18. The van der Waals surface area contributed by atoms with Crippen LogP contribution >= 0.6 is 0 Å². The van der Waals surface area contributed by atoms with E-state index in [2.05, 4.69) is 37.3 Å². The van der Waals surface area contributed by atoms with Crippen LogP contribution in [0.15, 0.2) is 24.3 Å². The third-order valence-electron chi connectivity index (χ3n) is 2.03. The number of fused-ring (bicyclic) bond motifs is 1. The first-order chi connectivity index (χ1) is 6.75. The van der Waals surface area contributed by atoms with Crippen LogP contribution in [0.2, 0.25) is 0 Å². The van der Waals surface area contributed by atoms with Gasteiger partial charge in [0.15, 0.2) is 0 Å². The summed E-state index contributed by atoms with van der Waals surface area (Å²) in [5.74, 6) is 1.00. The Labute approximate surface area is 86.4 Å². The predicted molar refractivity (Wildman–Crippen MR) is 61.7 cm³/mol. The second kappa shape index (κ2) is 4.85. The predicted octanol–water partition coefficient (Wildman–Crippen LogP) is 3.82. The number of ether oxygens (including phenoxy) is 1. The summed E-state index contributed by atoms with van der Waals surface area (Å²) in [5.41, 5.74) is 2.43. The molecule has 0 fully saturated rings. The van der Waals surface area contributed by atoms with Gasteiger partial charge in [0, 0.05) is 5.56 Å². The molecule has 0 saturated carbocycles. The summed E-state index contributed by atoms with van der Waals surface area (Å²) in [6, 6.07) is 6.27. The monoisotopic (exact) mass is 190 g/mol. The molecule has 1 aliphatic rings. The summed E-state index contributed by atoms with van der Waals surface area (Å²) < 4.78 is 5.63. The molecule has 0 amide bonds. The van der Waals surface area contributed by atoms with Crippen molar-refractivity contribution in [2.75, 3.05) is 0 Å². The second-order valence-electron chi connectivity index (χ2n) is 3.22. The Morgan fingerprint density at radius 1 is 1.21 bits per heavy atom. The fraction of sp³-hybridized carbons (Fsp3) is 0.385. The molecule has 0 radical (unpaired) electrons. The zero-order chi connectivity index (χ0) is 10.6. The number of hydrogen-bond donors (Lipinski definition) is 0. The maximum atomic E-state index is 5.63. The van der Waals surface area contributed by atoms with Crippen LogP contribution in [0.1, 0.15) is 31.9 Å². The summed E-state index contributed by atoms with van der Waals surface area (Å²) in [5, 5.41) is 0. The average molecular weight is 190 g/mol. The Morgan fingerprint density at radius 2 is 1.93 bits per heavy atom. The van der Waals surface area contributed by atoms with Crippen molar-refractivity contribution >= 4 is 6.08 Å². The zero-order valence-corrected chi connectivity index (χ0v) is 9.37. The Morgan fingerprint density at radius 3 is 2.64 bits per heavy atom. The Kier molecular flexibility index (Phi) is 3.75. The smallest absolute Gasteiger partial charge is 0.127 e. The van der Waals surface area contributed by atoms with Crippen molar-refractivity contribution in [3.8, 4) is 5.75 Å². The minimum Gasteiger partial charge on any atom is -0.486 e. The van der Waals surface area contributed by atoms with Crippen molar-refractivity contribution in [3.05, 3.63) is 35.4 Å². The molecular formula is C13H18O. The molecule has 0 bridgehead atoms. The van der Waals surface area contributed by atoms with Gasteiger partial charge in [-0.05, 0) is 31.6 Å². The Bertz CT molecular complexity index is 326. The highest BCUT2D eigenvalue weighted by Gasteiger charge is 2.09. The van der Waals surface area contributed by atoms with E-state index in [-0.39, 0.29) is 6.10 Å². The zero-order valence-electron chi connectivity index (χ0n) is 9.37. The largest absolute Gasteiger partial charge is 0.486 e. The van der Waals surface area contributed by atoms with E-state index in [1.54, 1.807) is 0 Å². The number of rotatable bonds is 0. The summed E-state index contributed by atoms with van der Waals surface area (Å²) in [7, 11) is 0. The van der Waals surface area contributed by atoms with Crippen molar-refractivity contribution in [2.45, 2.75) is 33.8 Å². The highest BCUT2D eigenvalue weighted by atomic mass is 16.5. The van der Waals surface area contributed by atoms with Crippen LogP contribution < -0.4 is 4.74 Å². The average Bonchev–Trinajstić information content (AvgIpc) is 2.20. The molecule has 0 N–H and O–H groups in total. The molecule has 1 heterocycles. The summed E-state index contributed by atoms with van der Waals surface area (Å²) in [6.45, 7) is 8.12. The maximum Gasteiger partial charge on any atom is 0.127 e. The van der Waals surface area contributed by atoms with Crippen molar-refractivity contribution in [2.24, 2.45) is 0 Å². The van der Waals surface area contributed by atoms with E-state index in [9.17, 15) is 0 Å². The SMILES string of the molecule is CC.Cc1ccc2c(c1)OC(C)C=C2. The van der Waals surface area contributed by atoms with Gasteiger partial charge in [0.2, 0.25) is 0 Å².